The van der Waals surface area contributed by atoms with Gasteiger partial charge in [-0.25, -0.2) is 4.57 Å². The predicted octanol–water partition coefficient (Wildman–Crippen LogP) is 18.6. The van der Waals surface area contributed by atoms with Crippen LogP contribution in [0.5, 0.6) is 0 Å². The largest absolute Gasteiger partial charge is 0.472 e. The Kier molecular flexibility index (Phi) is 52.0. The van der Waals surface area contributed by atoms with Gasteiger partial charge in [-0.15, -0.1) is 0 Å². The maximum Gasteiger partial charge on any atom is 0.472 e. The molecular weight excluding hydrogens is 942 g/mol. The topological polar surface area (TPSA) is 108 Å². The number of esters is 2. The van der Waals surface area contributed by atoms with Gasteiger partial charge in [0.25, 0.3) is 0 Å². The van der Waals surface area contributed by atoms with Gasteiger partial charge < -0.3 is 18.9 Å². The van der Waals surface area contributed by atoms with Crippen molar-refractivity contribution in [2.45, 2.75) is 238 Å². The van der Waals surface area contributed by atoms with Gasteiger partial charge in [0.05, 0.1) is 27.7 Å². The number of allylic oxidation sites excluding steroid dienone is 18. The Labute approximate surface area is 455 Å². The Balaban J connectivity index is 4.16. The first kappa shape index (κ1) is 70.7. The van der Waals surface area contributed by atoms with Crippen molar-refractivity contribution >= 4 is 19.8 Å². The molecule has 10 heteroatoms. The van der Waals surface area contributed by atoms with E-state index in [4.69, 9.17) is 18.5 Å². The molecule has 0 aromatic rings. The van der Waals surface area contributed by atoms with Gasteiger partial charge in [0, 0.05) is 12.8 Å². The Morgan fingerprint density at radius 1 is 0.419 bits per heavy atom. The van der Waals surface area contributed by atoms with Gasteiger partial charge in [-0.05, 0) is 96.3 Å². The van der Waals surface area contributed by atoms with Crippen molar-refractivity contribution in [3.05, 3.63) is 109 Å². The molecule has 9 nitrogen and oxygen atoms in total. The SMILES string of the molecule is CC/C=C\C/C=C\C/C=C\C/C=C\C/C=C\CCCCCCCC(=O)OC(COC(=O)CCCCCCCCCCCCCCCCCC/C=C\C/C=C\C/C=C\C/C=C\CC)COP(=O)(O)OCC[N+](C)(C)C. The van der Waals surface area contributed by atoms with E-state index in [0.29, 0.717) is 17.4 Å². The normalized spacial score (nSPS) is 14.1. The van der Waals surface area contributed by atoms with Crippen LogP contribution >= 0.6 is 7.82 Å². The lowest BCUT2D eigenvalue weighted by atomic mass is 10.0. The first-order valence-electron chi connectivity index (χ1n) is 29.6. The van der Waals surface area contributed by atoms with Gasteiger partial charge in [-0.2, -0.15) is 0 Å². The zero-order chi connectivity index (χ0) is 54.2. The van der Waals surface area contributed by atoms with Crippen molar-refractivity contribution < 1.29 is 42.1 Å². The fourth-order valence-corrected chi connectivity index (χ4v) is 8.54. The number of phosphoric ester groups is 1. The molecule has 424 valence electrons. The van der Waals surface area contributed by atoms with Gasteiger partial charge in [-0.1, -0.05) is 232 Å². The van der Waals surface area contributed by atoms with E-state index < -0.39 is 26.5 Å². The number of carbonyl (C=O) groups is 2. The van der Waals surface area contributed by atoms with Crippen LogP contribution in [0.3, 0.4) is 0 Å². The molecule has 0 aromatic carbocycles. The maximum atomic E-state index is 12.8. The van der Waals surface area contributed by atoms with E-state index in [1.54, 1.807) is 0 Å². The van der Waals surface area contributed by atoms with Crippen molar-refractivity contribution in [1.29, 1.82) is 0 Å². The standard InChI is InChI=1S/C64H110NO8P/c1-6-8-10-12-14-16-18-20-22-24-26-28-29-30-31-32-33-34-35-37-38-40-42-44-46-48-50-52-54-56-63(66)70-60-62(61-72-74(68,69)71-59-58-65(3,4)5)73-64(67)57-55-53-51-49-47-45-43-41-39-36-27-25-23-21-19-17-15-13-11-9-7-2/h8-11,14-17,20-23,26-28,36,41,43,62H,6-7,12-13,18-19,24-25,29-35,37-40,42,44-61H2,1-5H3/p+1/b10-8-,11-9-,16-14-,17-15-,22-20-,23-21-,28-26-,36-27-,43-41-. The summed E-state index contributed by atoms with van der Waals surface area (Å²) in [5.41, 5.74) is 0. The summed E-state index contributed by atoms with van der Waals surface area (Å²) in [5.74, 6) is -0.822. The van der Waals surface area contributed by atoms with Crippen molar-refractivity contribution in [1.82, 2.24) is 0 Å². The third-order valence-corrected chi connectivity index (χ3v) is 13.3. The average molecular weight is 1050 g/mol. The molecule has 74 heavy (non-hydrogen) atoms. The molecule has 1 N–H and O–H groups in total. The lowest BCUT2D eigenvalue weighted by Gasteiger charge is -2.24. The van der Waals surface area contributed by atoms with E-state index in [0.717, 1.165) is 109 Å². The first-order chi connectivity index (χ1) is 36.0. The highest BCUT2D eigenvalue weighted by Gasteiger charge is 2.27. The molecule has 0 bridgehead atoms. The molecule has 0 aromatic heterocycles. The zero-order valence-electron chi connectivity index (χ0n) is 48.0. The Morgan fingerprint density at radius 2 is 0.730 bits per heavy atom. The number of hydrogen-bond donors (Lipinski definition) is 1. The second-order valence-electron chi connectivity index (χ2n) is 20.6. The van der Waals surface area contributed by atoms with Crippen molar-refractivity contribution in [3.63, 3.8) is 0 Å². The number of hydrogen-bond acceptors (Lipinski definition) is 7. The molecule has 0 aliphatic heterocycles. The number of phosphoric acid groups is 1. The van der Waals surface area contributed by atoms with Gasteiger partial charge in [0.1, 0.15) is 19.8 Å². The summed E-state index contributed by atoms with van der Waals surface area (Å²) in [5, 5.41) is 0. The Morgan fingerprint density at radius 3 is 1.08 bits per heavy atom. The maximum absolute atomic E-state index is 12.8. The van der Waals surface area contributed by atoms with E-state index in [1.165, 1.54) is 89.9 Å². The molecule has 2 unspecified atom stereocenters. The molecule has 0 radical (unpaired) electrons. The summed E-state index contributed by atoms with van der Waals surface area (Å²) < 4.78 is 34.6. The number of carbonyl (C=O) groups excluding carboxylic acids is 2. The van der Waals surface area contributed by atoms with Crippen LogP contribution < -0.4 is 0 Å². The van der Waals surface area contributed by atoms with Crippen LogP contribution in [0, 0.1) is 0 Å². The van der Waals surface area contributed by atoms with E-state index in [9.17, 15) is 19.0 Å². The quantitative estimate of drug-likeness (QED) is 0.0211. The molecule has 0 saturated heterocycles. The summed E-state index contributed by atoms with van der Waals surface area (Å²) in [6.07, 6.45) is 75.9. The monoisotopic (exact) mass is 1050 g/mol. The van der Waals surface area contributed by atoms with E-state index in [1.807, 2.05) is 21.1 Å². The van der Waals surface area contributed by atoms with Gasteiger partial charge in [0.2, 0.25) is 0 Å². The van der Waals surface area contributed by atoms with Crippen LogP contribution in [0.25, 0.3) is 0 Å². The van der Waals surface area contributed by atoms with Gasteiger partial charge in [0.15, 0.2) is 6.10 Å². The Hall–Kier alpha value is -3.33. The zero-order valence-corrected chi connectivity index (χ0v) is 48.9. The number of rotatable bonds is 53. The molecule has 0 rings (SSSR count). The fourth-order valence-electron chi connectivity index (χ4n) is 7.80. The highest BCUT2D eigenvalue weighted by Crippen LogP contribution is 2.43. The van der Waals surface area contributed by atoms with E-state index in [2.05, 4.69) is 123 Å². The van der Waals surface area contributed by atoms with Crippen LogP contribution in [0.2, 0.25) is 0 Å². The van der Waals surface area contributed by atoms with Crippen molar-refractivity contribution in [2.24, 2.45) is 0 Å². The average Bonchev–Trinajstić information content (AvgIpc) is 3.36. The molecule has 2 atom stereocenters. The highest BCUT2D eigenvalue weighted by molar-refractivity contribution is 7.47. The number of quaternary nitrogens is 1. The molecular formula is C64H111NO8P+. The second-order valence-corrected chi connectivity index (χ2v) is 22.1. The van der Waals surface area contributed by atoms with Crippen LogP contribution in [0.1, 0.15) is 232 Å². The smallest absolute Gasteiger partial charge is 0.462 e. The summed E-state index contributed by atoms with van der Waals surface area (Å²) in [4.78, 5) is 35.7. The molecule has 0 spiro atoms. The van der Waals surface area contributed by atoms with Crippen molar-refractivity contribution in [2.75, 3.05) is 47.5 Å². The summed E-state index contributed by atoms with van der Waals surface area (Å²) in [6.45, 7) is 4.18. The summed E-state index contributed by atoms with van der Waals surface area (Å²) >= 11 is 0. The minimum Gasteiger partial charge on any atom is -0.462 e. The minimum atomic E-state index is -4.40. The lowest BCUT2D eigenvalue weighted by Crippen LogP contribution is -2.37. The first-order valence-corrected chi connectivity index (χ1v) is 31.1. The van der Waals surface area contributed by atoms with E-state index in [-0.39, 0.29) is 32.0 Å². The van der Waals surface area contributed by atoms with Crippen LogP contribution in [-0.2, 0) is 32.7 Å². The molecule has 0 aliphatic rings. The minimum absolute atomic E-state index is 0.0227. The molecule has 0 fully saturated rings. The number of likely N-dealkylation sites (N-methyl/N-ethyl adjacent to an activating group) is 1. The van der Waals surface area contributed by atoms with Gasteiger partial charge >= 0.3 is 19.8 Å². The third kappa shape index (κ3) is 57.9. The second kappa shape index (κ2) is 54.5. The summed E-state index contributed by atoms with van der Waals surface area (Å²) in [7, 11) is 1.45. The number of ether oxygens (including phenoxy) is 2. The highest BCUT2D eigenvalue weighted by atomic mass is 31.2. The molecule has 0 heterocycles. The van der Waals surface area contributed by atoms with Gasteiger partial charge in [-0.3, -0.25) is 18.6 Å². The number of nitrogens with zero attached hydrogens (tertiary/aromatic N) is 1. The van der Waals surface area contributed by atoms with Crippen LogP contribution in [0.15, 0.2) is 109 Å². The predicted molar refractivity (Wildman–Crippen MR) is 316 cm³/mol. The summed E-state index contributed by atoms with van der Waals surface area (Å²) in [6, 6.07) is 0. The van der Waals surface area contributed by atoms with Crippen LogP contribution in [-0.4, -0.2) is 74.9 Å². The lowest BCUT2D eigenvalue weighted by molar-refractivity contribution is -0.870. The number of unbranched alkanes of at least 4 members (excludes halogenated alkanes) is 21. The molecule has 0 saturated carbocycles. The van der Waals surface area contributed by atoms with Crippen LogP contribution in [0.4, 0.5) is 0 Å². The van der Waals surface area contributed by atoms with Crippen molar-refractivity contribution in [3.8, 4) is 0 Å². The van der Waals surface area contributed by atoms with E-state index >= 15 is 0 Å². The Bertz CT molecular complexity index is 1620. The molecule has 0 aliphatic carbocycles. The third-order valence-electron chi connectivity index (χ3n) is 12.3. The molecule has 0 amide bonds. The fraction of sp³-hybridized carbons (Fsp3) is 0.688.